The van der Waals surface area contributed by atoms with Crippen LogP contribution in [0, 0.1) is 0 Å². The summed E-state index contributed by atoms with van der Waals surface area (Å²) in [7, 11) is 0. The smallest absolute Gasteiger partial charge is 0.187 e. The van der Waals surface area contributed by atoms with Gasteiger partial charge in [-0.3, -0.25) is 0 Å². The lowest BCUT2D eigenvalue weighted by Gasteiger charge is -2.49. The summed E-state index contributed by atoms with van der Waals surface area (Å²) in [6, 6.07) is 38.5. The Bertz CT molecular complexity index is 1600. The topological polar surface area (TPSA) is 146 Å². The lowest BCUT2D eigenvalue weighted by Crippen LogP contribution is -2.66. The molecule has 0 spiro atoms. The molecule has 3 heterocycles. The molecular weight excluding hydrogens is 668 g/mol. The maximum absolute atomic E-state index is 11.6. The van der Waals surface area contributed by atoms with Crippen LogP contribution >= 0.6 is 0 Å². The standard InChI is InChI=1S/C41H44O11/c1-2-23-46-39-34(44)32(42)37(52-40-35(45)33(43)36-30(50-40)24-47-38(51-36)26-15-7-3-8-16-26)31(49-39)25-48-41(27-17-9-4-10-18-27,28-19-11-5-12-20-28)29-21-13-6-14-22-29/h2-22,30-40,42-45H,1,23-25H2/t30-,31+,32+,33-,34+,35-,36+,37+,38?,39+,40+/m1/s1. The van der Waals surface area contributed by atoms with Crippen molar-refractivity contribution >= 4 is 0 Å². The Kier molecular flexibility index (Phi) is 11.6. The van der Waals surface area contributed by atoms with Gasteiger partial charge in [-0.05, 0) is 16.7 Å². The molecule has 3 saturated heterocycles. The molecule has 3 fully saturated rings. The maximum atomic E-state index is 11.6. The Morgan fingerprint density at radius 2 is 1.19 bits per heavy atom. The monoisotopic (exact) mass is 712 g/mol. The Morgan fingerprint density at radius 3 is 1.75 bits per heavy atom. The van der Waals surface area contributed by atoms with Crippen LogP contribution in [0.25, 0.3) is 0 Å². The van der Waals surface area contributed by atoms with Crippen molar-refractivity contribution in [3.63, 3.8) is 0 Å². The summed E-state index contributed by atoms with van der Waals surface area (Å²) in [6.07, 6.45) is -12.2. The molecule has 4 aromatic rings. The van der Waals surface area contributed by atoms with Gasteiger partial charge in [-0.2, -0.15) is 0 Å². The van der Waals surface area contributed by atoms with Gasteiger partial charge in [0.05, 0.1) is 19.8 Å². The van der Waals surface area contributed by atoms with Gasteiger partial charge in [0.25, 0.3) is 0 Å². The van der Waals surface area contributed by atoms with E-state index in [1.807, 2.05) is 121 Å². The molecule has 0 aromatic heterocycles. The molecule has 7 rings (SSSR count). The van der Waals surface area contributed by atoms with E-state index in [1.54, 1.807) is 0 Å². The lowest BCUT2D eigenvalue weighted by molar-refractivity contribution is -0.386. The highest BCUT2D eigenvalue weighted by Crippen LogP contribution is 2.42. The van der Waals surface area contributed by atoms with Gasteiger partial charge in [0, 0.05) is 5.56 Å². The first-order chi connectivity index (χ1) is 25.4. The molecule has 0 bridgehead atoms. The second-order valence-corrected chi connectivity index (χ2v) is 13.0. The highest BCUT2D eigenvalue weighted by molar-refractivity contribution is 5.47. The number of aliphatic hydroxyl groups excluding tert-OH is 4. The summed E-state index contributed by atoms with van der Waals surface area (Å²) in [5.41, 5.74) is 2.13. The number of hydrogen-bond donors (Lipinski definition) is 4. The van der Waals surface area contributed by atoms with E-state index >= 15 is 0 Å². The van der Waals surface area contributed by atoms with E-state index in [2.05, 4.69) is 6.58 Å². The minimum Gasteiger partial charge on any atom is -0.387 e. The number of hydrogen-bond acceptors (Lipinski definition) is 11. The van der Waals surface area contributed by atoms with E-state index < -0.39 is 73.3 Å². The second kappa shape index (κ2) is 16.5. The van der Waals surface area contributed by atoms with Gasteiger partial charge in [-0.1, -0.05) is 127 Å². The van der Waals surface area contributed by atoms with Crippen LogP contribution in [0.4, 0.5) is 0 Å². The third kappa shape index (κ3) is 7.36. The molecule has 1 unspecified atom stereocenters. The molecule has 274 valence electrons. The van der Waals surface area contributed by atoms with Crippen molar-refractivity contribution in [3.8, 4) is 0 Å². The summed E-state index contributed by atoms with van der Waals surface area (Å²) in [5, 5.41) is 45.3. The molecular formula is C41H44O11. The number of aliphatic hydroxyl groups is 4. The first-order valence-corrected chi connectivity index (χ1v) is 17.4. The highest BCUT2D eigenvalue weighted by Gasteiger charge is 2.53. The fourth-order valence-electron chi connectivity index (χ4n) is 7.11. The summed E-state index contributed by atoms with van der Waals surface area (Å²) in [5.74, 6) is 0. The molecule has 4 N–H and O–H groups in total. The fraction of sp³-hybridized carbons (Fsp3) is 0.366. The van der Waals surface area contributed by atoms with Crippen molar-refractivity contribution in [2.75, 3.05) is 19.8 Å². The van der Waals surface area contributed by atoms with E-state index in [0.717, 1.165) is 22.3 Å². The van der Waals surface area contributed by atoms with Crippen LogP contribution in [-0.4, -0.2) is 102 Å². The van der Waals surface area contributed by atoms with Crippen LogP contribution < -0.4 is 0 Å². The second-order valence-electron chi connectivity index (χ2n) is 13.0. The Balaban J connectivity index is 1.18. The number of benzene rings is 4. The van der Waals surface area contributed by atoms with E-state index in [4.69, 9.17) is 33.2 Å². The Hall–Kier alpha value is -3.82. The minimum atomic E-state index is -1.59. The van der Waals surface area contributed by atoms with E-state index in [-0.39, 0.29) is 19.8 Å². The quantitative estimate of drug-likeness (QED) is 0.126. The summed E-state index contributed by atoms with van der Waals surface area (Å²) < 4.78 is 43.3. The van der Waals surface area contributed by atoms with Gasteiger partial charge >= 0.3 is 0 Å². The average Bonchev–Trinajstić information content (AvgIpc) is 3.20. The third-order valence-corrected chi connectivity index (χ3v) is 9.72. The molecule has 0 radical (unpaired) electrons. The minimum absolute atomic E-state index is 0.0396. The van der Waals surface area contributed by atoms with Gasteiger partial charge in [-0.15, -0.1) is 6.58 Å². The molecule has 11 nitrogen and oxygen atoms in total. The Morgan fingerprint density at radius 1 is 0.654 bits per heavy atom. The molecule has 52 heavy (non-hydrogen) atoms. The van der Waals surface area contributed by atoms with Gasteiger partial charge in [0.2, 0.25) is 0 Å². The van der Waals surface area contributed by atoms with Gasteiger partial charge in [-0.25, -0.2) is 0 Å². The zero-order valence-corrected chi connectivity index (χ0v) is 28.5. The van der Waals surface area contributed by atoms with E-state index in [9.17, 15) is 20.4 Å². The molecule has 0 amide bonds. The predicted molar refractivity (Wildman–Crippen MR) is 188 cm³/mol. The van der Waals surface area contributed by atoms with E-state index in [1.165, 1.54) is 6.08 Å². The average molecular weight is 713 g/mol. The van der Waals surface area contributed by atoms with Crippen molar-refractivity contribution < 1.29 is 53.6 Å². The van der Waals surface area contributed by atoms with Crippen LogP contribution in [-0.2, 0) is 38.8 Å². The van der Waals surface area contributed by atoms with Crippen LogP contribution in [0.5, 0.6) is 0 Å². The summed E-state index contributed by atoms with van der Waals surface area (Å²) >= 11 is 0. The molecule has 4 aromatic carbocycles. The zero-order chi connectivity index (χ0) is 36.1. The van der Waals surface area contributed by atoms with Gasteiger partial charge in [0.15, 0.2) is 18.9 Å². The molecule has 0 saturated carbocycles. The van der Waals surface area contributed by atoms with Crippen LogP contribution in [0.3, 0.4) is 0 Å². The summed E-state index contributed by atoms with van der Waals surface area (Å²) in [4.78, 5) is 0. The van der Waals surface area contributed by atoms with Crippen molar-refractivity contribution in [1.29, 1.82) is 0 Å². The maximum Gasteiger partial charge on any atom is 0.187 e. The Labute approximate surface area is 302 Å². The molecule has 3 aliphatic heterocycles. The number of fused-ring (bicyclic) bond motifs is 1. The molecule has 11 atom stereocenters. The third-order valence-electron chi connectivity index (χ3n) is 9.72. The number of rotatable bonds is 12. The van der Waals surface area contributed by atoms with Gasteiger partial charge < -0.3 is 53.6 Å². The van der Waals surface area contributed by atoms with Crippen molar-refractivity contribution in [1.82, 2.24) is 0 Å². The van der Waals surface area contributed by atoms with Crippen LogP contribution in [0.15, 0.2) is 134 Å². The zero-order valence-electron chi connectivity index (χ0n) is 28.5. The number of ether oxygens (including phenoxy) is 7. The van der Waals surface area contributed by atoms with Crippen LogP contribution in [0.2, 0.25) is 0 Å². The first kappa shape index (κ1) is 36.5. The normalized spacial score (nSPS) is 32.1. The largest absolute Gasteiger partial charge is 0.387 e. The fourth-order valence-corrected chi connectivity index (χ4v) is 7.11. The molecule has 11 heteroatoms. The lowest BCUT2D eigenvalue weighted by atomic mass is 9.80. The SMILES string of the molecule is C=CCO[C@H]1O[C@@H](COC(c2ccccc2)(c2ccccc2)c2ccccc2)[C@H](O[C@@H]2O[C@@H]3COC(c4ccccc4)O[C@@H]3[C@H](O)[C@H]2O)[C@@H](O)[C@@H]1O. The molecule has 0 aliphatic carbocycles. The predicted octanol–water partition coefficient (Wildman–Crippen LogP) is 3.59. The molecule has 3 aliphatic rings. The summed E-state index contributed by atoms with van der Waals surface area (Å²) in [6.45, 7) is 3.58. The van der Waals surface area contributed by atoms with Crippen molar-refractivity contribution in [3.05, 3.63) is 156 Å². The van der Waals surface area contributed by atoms with Crippen molar-refractivity contribution in [2.24, 2.45) is 0 Å². The van der Waals surface area contributed by atoms with Gasteiger partial charge in [0.1, 0.15) is 54.4 Å². The van der Waals surface area contributed by atoms with E-state index in [0.29, 0.717) is 0 Å². The van der Waals surface area contributed by atoms with Crippen LogP contribution in [0.1, 0.15) is 28.5 Å². The van der Waals surface area contributed by atoms with Crippen molar-refractivity contribution in [2.45, 2.75) is 73.3 Å². The first-order valence-electron chi connectivity index (χ1n) is 17.4. The highest BCUT2D eigenvalue weighted by atomic mass is 16.8.